The fraction of sp³-hybridized carbons (Fsp3) is 0.800. The first kappa shape index (κ1) is 8.79. The van der Waals surface area contributed by atoms with Crippen molar-refractivity contribution in [1.82, 2.24) is 0 Å². The molecule has 0 amide bonds. The Balaban J connectivity index is 1.94. The van der Waals surface area contributed by atoms with Crippen LogP contribution in [0.1, 0.15) is 39.0 Å². The summed E-state index contributed by atoms with van der Waals surface area (Å²) in [4.78, 5) is 0. The van der Waals surface area contributed by atoms with Crippen LogP contribution in [0.5, 0.6) is 0 Å². The Morgan fingerprint density at radius 3 is 2.73 bits per heavy atom. The maximum atomic E-state index is 9.43. The minimum atomic E-state index is -0.311. The van der Waals surface area contributed by atoms with Gasteiger partial charge in [0.25, 0.3) is 0 Å². The van der Waals surface area contributed by atoms with E-state index in [-0.39, 0.29) is 5.60 Å². The van der Waals surface area contributed by atoms with Crippen molar-refractivity contribution < 1.29 is 5.11 Å². The molecule has 1 rings (SSSR count). The summed E-state index contributed by atoms with van der Waals surface area (Å²) in [6, 6.07) is 0. The lowest BCUT2D eigenvalue weighted by Gasteiger charge is -2.00. The lowest BCUT2D eigenvalue weighted by Crippen LogP contribution is -2.02. The van der Waals surface area contributed by atoms with E-state index in [2.05, 4.69) is 6.58 Å². The van der Waals surface area contributed by atoms with E-state index in [4.69, 9.17) is 0 Å². The van der Waals surface area contributed by atoms with Crippen molar-refractivity contribution in [1.29, 1.82) is 0 Å². The highest BCUT2D eigenvalue weighted by molar-refractivity contribution is 4.98. The summed E-state index contributed by atoms with van der Waals surface area (Å²) < 4.78 is 0. The number of aliphatic hydroxyl groups is 1. The molecule has 1 heteroatoms. The Hall–Kier alpha value is -0.300. The highest BCUT2D eigenvalue weighted by Gasteiger charge is 2.47. The van der Waals surface area contributed by atoms with E-state index < -0.39 is 0 Å². The quantitative estimate of drug-likeness (QED) is 0.476. The van der Waals surface area contributed by atoms with Gasteiger partial charge in [-0.15, -0.1) is 6.58 Å². The maximum Gasteiger partial charge on any atom is 0.0652 e. The van der Waals surface area contributed by atoms with Crippen LogP contribution in [0, 0.1) is 5.92 Å². The van der Waals surface area contributed by atoms with Crippen LogP contribution in [0.3, 0.4) is 0 Å². The van der Waals surface area contributed by atoms with E-state index in [1.807, 2.05) is 13.0 Å². The van der Waals surface area contributed by atoms with Crippen LogP contribution in [0.4, 0.5) is 0 Å². The van der Waals surface area contributed by atoms with Crippen LogP contribution >= 0.6 is 0 Å². The van der Waals surface area contributed by atoms with Gasteiger partial charge >= 0.3 is 0 Å². The van der Waals surface area contributed by atoms with Crippen molar-refractivity contribution in [2.45, 2.75) is 44.6 Å². The van der Waals surface area contributed by atoms with Gasteiger partial charge in [-0.1, -0.05) is 12.5 Å². The zero-order valence-electron chi connectivity index (χ0n) is 7.34. The minimum absolute atomic E-state index is 0.311. The van der Waals surface area contributed by atoms with Crippen LogP contribution < -0.4 is 0 Å². The second-order valence-electron chi connectivity index (χ2n) is 3.83. The molecule has 0 saturated heterocycles. The van der Waals surface area contributed by atoms with Crippen molar-refractivity contribution in [3.63, 3.8) is 0 Å². The Morgan fingerprint density at radius 1 is 1.64 bits per heavy atom. The average molecular weight is 154 g/mol. The summed E-state index contributed by atoms with van der Waals surface area (Å²) in [6.45, 7) is 5.61. The van der Waals surface area contributed by atoms with Gasteiger partial charge in [-0.3, -0.25) is 0 Å². The molecule has 0 spiro atoms. The number of hydrogen-bond acceptors (Lipinski definition) is 1. The largest absolute Gasteiger partial charge is 0.390 e. The molecule has 0 aromatic carbocycles. The Labute approximate surface area is 69.1 Å². The summed E-state index contributed by atoms with van der Waals surface area (Å²) >= 11 is 0. The van der Waals surface area contributed by atoms with Gasteiger partial charge < -0.3 is 5.11 Å². The zero-order chi connectivity index (χ0) is 8.32. The first-order chi connectivity index (χ1) is 5.17. The third kappa shape index (κ3) is 2.66. The molecule has 0 heterocycles. The number of hydrogen-bond donors (Lipinski definition) is 1. The van der Waals surface area contributed by atoms with Gasteiger partial charge in [0.15, 0.2) is 0 Å². The molecular formula is C10H18O. The Morgan fingerprint density at radius 2 is 2.27 bits per heavy atom. The molecule has 1 N–H and O–H groups in total. The summed E-state index contributed by atoms with van der Waals surface area (Å²) in [6.07, 6.45) is 7.77. The standard InChI is InChI=1S/C10H18O/c1-3-4-5-6-7-9-8-10(9,2)11/h3,9,11H,1,4-8H2,2H3/t9-,10-/m1/s1. The molecule has 64 valence electrons. The molecule has 1 nitrogen and oxygen atoms in total. The molecule has 1 fully saturated rings. The van der Waals surface area contributed by atoms with Crippen molar-refractivity contribution in [2.75, 3.05) is 0 Å². The number of unbranched alkanes of at least 4 members (excludes halogenated alkanes) is 2. The molecule has 0 unspecified atom stereocenters. The Kier molecular flexibility index (Phi) is 2.72. The molecular weight excluding hydrogens is 136 g/mol. The highest BCUT2D eigenvalue weighted by atomic mass is 16.3. The van der Waals surface area contributed by atoms with E-state index in [0.717, 1.165) is 12.8 Å². The van der Waals surface area contributed by atoms with E-state index in [1.165, 1.54) is 19.3 Å². The van der Waals surface area contributed by atoms with Crippen LogP contribution in [0.2, 0.25) is 0 Å². The first-order valence-corrected chi connectivity index (χ1v) is 4.50. The van der Waals surface area contributed by atoms with Crippen LogP contribution in [0.25, 0.3) is 0 Å². The zero-order valence-corrected chi connectivity index (χ0v) is 7.34. The fourth-order valence-corrected chi connectivity index (χ4v) is 1.53. The number of rotatable bonds is 5. The first-order valence-electron chi connectivity index (χ1n) is 4.50. The molecule has 0 aromatic rings. The number of allylic oxidation sites excluding steroid dienone is 1. The average Bonchev–Trinajstić information content (AvgIpc) is 2.52. The minimum Gasteiger partial charge on any atom is -0.390 e. The van der Waals surface area contributed by atoms with Crippen molar-refractivity contribution in [3.8, 4) is 0 Å². The third-order valence-corrected chi connectivity index (χ3v) is 2.59. The molecule has 11 heavy (non-hydrogen) atoms. The van der Waals surface area contributed by atoms with Crippen LogP contribution in [-0.2, 0) is 0 Å². The van der Waals surface area contributed by atoms with Gasteiger partial charge in [0.05, 0.1) is 5.60 Å². The molecule has 0 aromatic heterocycles. The summed E-state index contributed by atoms with van der Waals surface area (Å²) in [5.74, 6) is 0.590. The van der Waals surface area contributed by atoms with Crippen LogP contribution in [0.15, 0.2) is 12.7 Å². The highest BCUT2D eigenvalue weighted by Crippen LogP contribution is 2.46. The summed E-state index contributed by atoms with van der Waals surface area (Å²) in [5, 5.41) is 9.43. The van der Waals surface area contributed by atoms with Crippen molar-refractivity contribution >= 4 is 0 Å². The molecule has 0 aliphatic heterocycles. The summed E-state index contributed by atoms with van der Waals surface area (Å²) in [5.41, 5.74) is -0.311. The van der Waals surface area contributed by atoms with Gasteiger partial charge in [-0.2, -0.15) is 0 Å². The van der Waals surface area contributed by atoms with E-state index in [1.54, 1.807) is 0 Å². The van der Waals surface area contributed by atoms with Crippen molar-refractivity contribution in [3.05, 3.63) is 12.7 Å². The monoisotopic (exact) mass is 154 g/mol. The predicted molar refractivity (Wildman–Crippen MR) is 47.4 cm³/mol. The molecule has 1 saturated carbocycles. The van der Waals surface area contributed by atoms with Crippen LogP contribution in [-0.4, -0.2) is 10.7 Å². The van der Waals surface area contributed by atoms with Gasteiger partial charge in [0.2, 0.25) is 0 Å². The topological polar surface area (TPSA) is 20.2 Å². The van der Waals surface area contributed by atoms with Gasteiger partial charge in [-0.25, -0.2) is 0 Å². The molecule has 0 radical (unpaired) electrons. The SMILES string of the molecule is C=CCCCC[C@@H]1C[C@@]1(C)O. The van der Waals surface area contributed by atoms with E-state index >= 15 is 0 Å². The lowest BCUT2D eigenvalue weighted by molar-refractivity contribution is 0.149. The van der Waals surface area contributed by atoms with E-state index in [0.29, 0.717) is 5.92 Å². The van der Waals surface area contributed by atoms with Crippen molar-refractivity contribution in [2.24, 2.45) is 5.92 Å². The second-order valence-corrected chi connectivity index (χ2v) is 3.83. The molecule has 1 aliphatic carbocycles. The lowest BCUT2D eigenvalue weighted by atomic mass is 10.1. The normalized spacial score (nSPS) is 35.3. The van der Waals surface area contributed by atoms with Gasteiger partial charge in [0.1, 0.15) is 0 Å². The third-order valence-electron chi connectivity index (χ3n) is 2.59. The molecule has 1 aliphatic rings. The second kappa shape index (κ2) is 3.40. The predicted octanol–water partition coefficient (Wildman–Crippen LogP) is 2.50. The maximum absolute atomic E-state index is 9.43. The Bertz CT molecular complexity index is 138. The van der Waals surface area contributed by atoms with E-state index in [9.17, 15) is 5.11 Å². The molecule has 2 atom stereocenters. The fourth-order valence-electron chi connectivity index (χ4n) is 1.53. The van der Waals surface area contributed by atoms with Gasteiger partial charge in [-0.05, 0) is 38.5 Å². The smallest absolute Gasteiger partial charge is 0.0652 e. The van der Waals surface area contributed by atoms with Gasteiger partial charge in [0, 0.05) is 0 Å². The molecule has 0 bridgehead atoms. The summed E-state index contributed by atoms with van der Waals surface area (Å²) in [7, 11) is 0.